The van der Waals surface area contributed by atoms with Crippen molar-refractivity contribution in [3.05, 3.63) is 12.2 Å². The molecule has 0 radical (unpaired) electrons. The second-order valence-electron chi connectivity index (χ2n) is 16.8. The zero-order chi connectivity index (χ0) is 39.6. The van der Waals surface area contributed by atoms with Crippen molar-refractivity contribution < 1.29 is 25.2 Å². The molecule has 0 aromatic carbocycles. The van der Waals surface area contributed by atoms with Crippen molar-refractivity contribution in [1.29, 1.82) is 0 Å². The van der Waals surface area contributed by atoms with Gasteiger partial charge in [-0.1, -0.05) is 231 Å². The number of rotatable bonds is 44. The summed E-state index contributed by atoms with van der Waals surface area (Å²) < 4.78 is 0. The van der Waals surface area contributed by atoms with E-state index in [1.165, 1.54) is 193 Å². The number of carbonyl (C=O) groups is 1. The van der Waals surface area contributed by atoms with Crippen LogP contribution in [-0.4, -0.2) is 57.3 Å². The van der Waals surface area contributed by atoms with Crippen molar-refractivity contribution in [2.75, 3.05) is 6.61 Å². The van der Waals surface area contributed by atoms with Gasteiger partial charge in [0.1, 0.15) is 12.2 Å². The molecular formula is C48H95NO5. The predicted octanol–water partition coefficient (Wildman–Crippen LogP) is 13.0. The highest BCUT2D eigenvalue weighted by Gasteiger charge is 2.28. The summed E-state index contributed by atoms with van der Waals surface area (Å²) in [6.07, 6.45) is 48.3. The molecule has 6 heteroatoms. The minimum absolute atomic E-state index is 0.368. The lowest BCUT2D eigenvalue weighted by atomic mass is 10.00. The van der Waals surface area contributed by atoms with Crippen LogP contribution in [0.15, 0.2) is 12.2 Å². The fourth-order valence-corrected chi connectivity index (χ4v) is 7.64. The van der Waals surface area contributed by atoms with E-state index in [-0.39, 0.29) is 0 Å². The molecule has 0 aromatic rings. The van der Waals surface area contributed by atoms with Gasteiger partial charge >= 0.3 is 0 Å². The quantitative estimate of drug-likeness (QED) is 0.0313. The standard InChI is InChI=1S/C48H95NO5/c1-3-5-7-9-11-13-15-17-19-20-21-22-23-24-25-26-27-28-30-32-34-36-38-40-42-46(52)48(54)49-44(43-50)47(53)45(51)41-39-37-35-33-31-29-18-16-14-12-10-8-6-4-2/h33,35,44-47,50-53H,3-32,34,36-43H2,1-2H3,(H,49,54)/b35-33+. The van der Waals surface area contributed by atoms with Gasteiger partial charge in [-0.15, -0.1) is 0 Å². The normalized spacial score (nSPS) is 14.1. The Hall–Kier alpha value is -0.950. The summed E-state index contributed by atoms with van der Waals surface area (Å²) in [6, 6.07) is -0.997. The summed E-state index contributed by atoms with van der Waals surface area (Å²) in [7, 11) is 0. The number of nitrogens with one attached hydrogen (secondary N) is 1. The topological polar surface area (TPSA) is 110 Å². The second kappa shape index (κ2) is 43.2. The van der Waals surface area contributed by atoms with E-state index in [0.717, 1.165) is 38.5 Å². The lowest BCUT2D eigenvalue weighted by molar-refractivity contribution is -0.132. The van der Waals surface area contributed by atoms with E-state index >= 15 is 0 Å². The van der Waals surface area contributed by atoms with E-state index < -0.39 is 36.9 Å². The number of amides is 1. The van der Waals surface area contributed by atoms with E-state index in [0.29, 0.717) is 12.8 Å². The van der Waals surface area contributed by atoms with Gasteiger partial charge in [0, 0.05) is 0 Å². The summed E-state index contributed by atoms with van der Waals surface area (Å²) in [4.78, 5) is 12.5. The molecule has 5 N–H and O–H groups in total. The Balaban J connectivity index is 3.65. The summed E-state index contributed by atoms with van der Waals surface area (Å²) >= 11 is 0. The molecule has 1 amide bonds. The van der Waals surface area contributed by atoms with Crippen LogP contribution in [0.4, 0.5) is 0 Å². The third-order valence-corrected chi connectivity index (χ3v) is 11.5. The third kappa shape index (κ3) is 36.7. The molecule has 0 saturated carbocycles. The molecule has 0 aromatic heterocycles. The van der Waals surface area contributed by atoms with Gasteiger partial charge in [-0.3, -0.25) is 4.79 Å². The molecule has 0 aliphatic rings. The number of aliphatic hydroxyl groups is 4. The first-order valence-corrected chi connectivity index (χ1v) is 24.1. The lowest BCUT2D eigenvalue weighted by Gasteiger charge is -2.27. The average molecular weight is 766 g/mol. The molecule has 6 nitrogen and oxygen atoms in total. The zero-order valence-electron chi connectivity index (χ0n) is 36.2. The van der Waals surface area contributed by atoms with Crippen LogP contribution in [-0.2, 0) is 4.79 Å². The molecule has 4 atom stereocenters. The first kappa shape index (κ1) is 53.0. The number of hydrogen-bond acceptors (Lipinski definition) is 5. The van der Waals surface area contributed by atoms with Gasteiger partial charge < -0.3 is 25.7 Å². The van der Waals surface area contributed by atoms with Crippen LogP contribution in [0.25, 0.3) is 0 Å². The largest absolute Gasteiger partial charge is 0.394 e. The minimum Gasteiger partial charge on any atom is -0.394 e. The highest BCUT2D eigenvalue weighted by atomic mass is 16.3. The maximum absolute atomic E-state index is 12.5. The second-order valence-corrected chi connectivity index (χ2v) is 16.8. The predicted molar refractivity (Wildman–Crippen MR) is 233 cm³/mol. The molecule has 0 bridgehead atoms. The molecule has 0 spiro atoms. The number of allylic oxidation sites excluding steroid dienone is 2. The van der Waals surface area contributed by atoms with Gasteiger partial charge in [0.2, 0.25) is 5.91 Å². The van der Waals surface area contributed by atoms with Crippen molar-refractivity contribution >= 4 is 5.91 Å². The maximum Gasteiger partial charge on any atom is 0.249 e. The van der Waals surface area contributed by atoms with Crippen LogP contribution in [0.1, 0.15) is 258 Å². The molecule has 54 heavy (non-hydrogen) atoms. The number of unbranched alkanes of at least 4 members (excludes halogenated alkanes) is 33. The van der Waals surface area contributed by atoms with E-state index in [9.17, 15) is 25.2 Å². The van der Waals surface area contributed by atoms with Gasteiger partial charge in [0.05, 0.1) is 18.8 Å². The Kier molecular flexibility index (Phi) is 42.4. The average Bonchev–Trinajstić information content (AvgIpc) is 3.18. The van der Waals surface area contributed by atoms with Crippen LogP contribution < -0.4 is 5.32 Å². The van der Waals surface area contributed by atoms with Crippen molar-refractivity contribution in [2.24, 2.45) is 0 Å². The summed E-state index contributed by atoms with van der Waals surface area (Å²) in [5.74, 6) is -0.589. The highest BCUT2D eigenvalue weighted by molar-refractivity contribution is 5.80. The fourth-order valence-electron chi connectivity index (χ4n) is 7.64. The summed E-state index contributed by atoms with van der Waals surface area (Å²) in [6.45, 7) is 4.05. The van der Waals surface area contributed by atoms with Gasteiger partial charge in [-0.2, -0.15) is 0 Å². The van der Waals surface area contributed by atoms with E-state index in [1.807, 2.05) is 0 Å². The minimum atomic E-state index is -1.28. The van der Waals surface area contributed by atoms with E-state index in [1.54, 1.807) is 0 Å². The molecule has 0 saturated heterocycles. The van der Waals surface area contributed by atoms with Gasteiger partial charge in [-0.25, -0.2) is 0 Å². The van der Waals surface area contributed by atoms with Crippen LogP contribution in [0, 0.1) is 0 Å². The van der Waals surface area contributed by atoms with Crippen molar-refractivity contribution in [3.63, 3.8) is 0 Å². The number of carbonyl (C=O) groups excluding carboxylic acids is 1. The monoisotopic (exact) mass is 766 g/mol. The zero-order valence-corrected chi connectivity index (χ0v) is 36.2. The molecule has 322 valence electrons. The van der Waals surface area contributed by atoms with Crippen LogP contribution in [0.5, 0.6) is 0 Å². The van der Waals surface area contributed by atoms with Crippen LogP contribution in [0.3, 0.4) is 0 Å². The molecule has 0 rings (SSSR count). The Morgan fingerprint density at radius 3 is 1.11 bits per heavy atom. The van der Waals surface area contributed by atoms with Crippen LogP contribution in [0.2, 0.25) is 0 Å². The van der Waals surface area contributed by atoms with Crippen molar-refractivity contribution in [3.8, 4) is 0 Å². The Labute approximate surface area is 336 Å². The van der Waals surface area contributed by atoms with Gasteiger partial charge in [0.15, 0.2) is 0 Å². The maximum atomic E-state index is 12.5. The number of hydrogen-bond donors (Lipinski definition) is 5. The van der Waals surface area contributed by atoms with Crippen molar-refractivity contribution in [1.82, 2.24) is 5.32 Å². The summed E-state index contributed by atoms with van der Waals surface area (Å²) in [5.41, 5.74) is 0. The smallest absolute Gasteiger partial charge is 0.249 e. The third-order valence-electron chi connectivity index (χ3n) is 11.5. The highest BCUT2D eigenvalue weighted by Crippen LogP contribution is 2.17. The summed E-state index contributed by atoms with van der Waals surface area (Å²) in [5, 5.41) is 43.7. The van der Waals surface area contributed by atoms with Crippen LogP contribution >= 0.6 is 0 Å². The lowest BCUT2D eigenvalue weighted by Crippen LogP contribution is -2.53. The van der Waals surface area contributed by atoms with Gasteiger partial charge in [0.25, 0.3) is 0 Å². The Morgan fingerprint density at radius 2 is 0.759 bits per heavy atom. The van der Waals surface area contributed by atoms with E-state index in [4.69, 9.17) is 0 Å². The van der Waals surface area contributed by atoms with Crippen molar-refractivity contribution in [2.45, 2.75) is 282 Å². The Morgan fingerprint density at radius 1 is 0.444 bits per heavy atom. The number of aliphatic hydroxyl groups excluding tert-OH is 4. The first-order chi connectivity index (χ1) is 26.5. The SMILES string of the molecule is CCCCCCCCCCC/C=C/CCCC(O)C(O)C(CO)NC(=O)C(O)CCCCCCCCCCCCCCCCCCCCCCCCCC. The fraction of sp³-hybridized carbons (Fsp3) is 0.938. The first-order valence-electron chi connectivity index (χ1n) is 24.1. The molecule has 4 unspecified atom stereocenters. The van der Waals surface area contributed by atoms with Gasteiger partial charge in [-0.05, 0) is 38.5 Å². The van der Waals surface area contributed by atoms with E-state index in [2.05, 4.69) is 31.3 Å². The molecule has 0 heterocycles. The molecule has 0 aliphatic carbocycles. The molecule has 0 aliphatic heterocycles. The molecule has 0 fully saturated rings. The molecular weight excluding hydrogens is 671 g/mol. The Bertz CT molecular complexity index is 776.